The minimum Gasteiger partial charge on any atom is -0.476 e. The van der Waals surface area contributed by atoms with Gasteiger partial charge in [0.05, 0.1) is 5.69 Å². The normalized spacial score (nSPS) is 11.7. The van der Waals surface area contributed by atoms with Crippen LogP contribution in [0.1, 0.15) is 43.6 Å². The van der Waals surface area contributed by atoms with Crippen LogP contribution in [0.2, 0.25) is 0 Å². The van der Waals surface area contributed by atoms with Gasteiger partial charge in [0.2, 0.25) is 0 Å². The second-order valence-electron chi connectivity index (χ2n) is 4.35. The van der Waals surface area contributed by atoms with Crippen molar-refractivity contribution in [2.24, 2.45) is 0 Å². The van der Waals surface area contributed by atoms with Gasteiger partial charge in [0.15, 0.2) is 5.69 Å². The number of hydrogen-bond acceptors (Lipinski definition) is 3. The molecule has 0 aliphatic carbocycles. The van der Waals surface area contributed by atoms with E-state index in [4.69, 9.17) is 5.11 Å². The SMILES string of the molecule is CCCCC(C)NC(=O)Nc1cccnc1C(=O)O. The Hall–Kier alpha value is -2.11. The van der Waals surface area contributed by atoms with Crippen LogP contribution in [-0.2, 0) is 0 Å². The number of nitrogens with one attached hydrogen (secondary N) is 2. The summed E-state index contributed by atoms with van der Waals surface area (Å²) in [5.74, 6) is -1.17. The van der Waals surface area contributed by atoms with E-state index in [1.807, 2.05) is 6.92 Å². The maximum Gasteiger partial charge on any atom is 0.356 e. The van der Waals surface area contributed by atoms with Crippen LogP contribution >= 0.6 is 0 Å². The molecule has 0 fully saturated rings. The number of hydrogen-bond donors (Lipinski definition) is 3. The molecule has 0 bridgehead atoms. The third-order valence-corrected chi connectivity index (χ3v) is 2.63. The summed E-state index contributed by atoms with van der Waals surface area (Å²) in [6.45, 7) is 4.00. The second-order valence-corrected chi connectivity index (χ2v) is 4.35. The van der Waals surface area contributed by atoms with Crippen LogP contribution in [0.15, 0.2) is 18.3 Å². The Labute approximate surface area is 112 Å². The van der Waals surface area contributed by atoms with Gasteiger partial charge in [0.25, 0.3) is 0 Å². The van der Waals surface area contributed by atoms with Crippen molar-refractivity contribution in [3.8, 4) is 0 Å². The molecule has 6 heteroatoms. The molecule has 1 unspecified atom stereocenters. The number of carbonyl (C=O) groups is 2. The molecule has 1 atom stereocenters. The minimum absolute atomic E-state index is 0.0462. The summed E-state index contributed by atoms with van der Waals surface area (Å²) in [7, 11) is 0. The fraction of sp³-hybridized carbons (Fsp3) is 0.462. The average molecular weight is 265 g/mol. The Bertz CT molecular complexity index is 449. The number of amides is 2. The van der Waals surface area contributed by atoms with Gasteiger partial charge in [0, 0.05) is 12.2 Å². The van der Waals surface area contributed by atoms with Crippen LogP contribution in [0.25, 0.3) is 0 Å². The number of unbranched alkanes of at least 4 members (excludes halogenated alkanes) is 1. The molecule has 19 heavy (non-hydrogen) atoms. The van der Waals surface area contributed by atoms with E-state index in [0.717, 1.165) is 19.3 Å². The number of urea groups is 1. The summed E-state index contributed by atoms with van der Waals surface area (Å²) in [4.78, 5) is 26.4. The van der Waals surface area contributed by atoms with Crippen molar-refractivity contribution in [3.63, 3.8) is 0 Å². The van der Waals surface area contributed by atoms with Crippen molar-refractivity contribution in [2.45, 2.75) is 39.2 Å². The fourth-order valence-corrected chi connectivity index (χ4v) is 1.64. The van der Waals surface area contributed by atoms with Crippen molar-refractivity contribution in [1.82, 2.24) is 10.3 Å². The Morgan fingerprint density at radius 2 is 2.21 bits per heavy atom. The smallest absolute Gasteiger partial charge is 0.356 e. The lowest BCUT2D eigenvalue weighted by molar-refractivity contribution is 0.0692. The first-order valence-electron chi connectivity index (χ1n) is 6.30. The highest BCUT2D eigenvalue weighted by atomic mass is 16.4. The van der Waals surface area contributed by atoms with Gasteiger partial charge in [-0.15, -0.1) is 0 Å². The first kappa shape index (κ1) is 14.9. The zero-order valence-corrected chi connectivity index (χ0v) is 11.1. The number of rotatable bonds is 6. The molecule has 1 heterocycles. The molecule has 1 aromatic rings. The van der Waals surface area contributed by atoms with Gasteiger partial charge >= 0.3 is 12.0 Å². The van der Waals surface area contributed by atoms with E-state index in [-0.39, 0.29) is 17.4 Å². The molecule has 3 N–H and O–H groups in total. The van der Waals surface area contributed by atoms with E-state index in [2.05, 4.69) is 22.5 Å². The number of aromatic nitrogens is 1. The lowest BCUT2D eigenvalue weighted by Gasteiger charge is -2.14. The third kappa shape index (κ3) is 4.95. The number of nitrogens with zero attached hydrogens (tertiary/aromatic N) is 1. The van der Waals surface area contributed by atoms with E-state index in [1.54, 1.807) is 6.07 Å². The molecular formula is C13H19N3O3. The van der Waals surface area contributed by atoms with E-state index in [0.29, 0.717) is 0 Å². The highest BCUT2D eigenvalue weighted by molar-refractivity contribution is 5.98. The van der Waals surface area contributed by atoms with Gasteiger partial charge in [-0.25, -0.2) is 14.6 Å². The number of carboxylic acid groups (broad SMARTS) is 1. The molecule has 0 radical (unpaired) electrons. The molecule has 6 nitrogen and oxygen atoms in total. The Kier molecular flexibility index (Phi) is 5.78. The maximum atomic E-state index is 11.7. The predicted octanol–water partition coefficient (Wildman–Crippen LogP) is 2.48. The van der Waals surface area contributed by atoms with Gasteiger partial charge in [-0.05, 0) is 25.5 Å². The van der Waals surface area contributed by atoms with Crippen LogP contribution in [0.5, 0.6) is 0 Å². The molecule has 1 rings (SSSR count). The summed E-state index contributed by atoms with van der Waals surface area (Å²) < 4.78 is 0. The van der Waals surface area contributed by atoms with Gasteiger partial charge in [0.1, 0.15) is 0 Å². The lowest BCUT2D eigenvalue weighted by Crippen LogP contribution is -2.36. The van der Waals surface area contributed by atoms with Gasteiger partial charge in [-0.2, -0.15) is 0 Å². The van der Waals surface area contributed by atoms with Crippen molar-refractivity contribution >= 4 is 17.7 Å². The van der Waals surface area contributed by atoms with Gasteiger partial charge in [-0.3, -0.25) is 0 Å². The molecular weight excluding hydrogens is 246 g/mol. The molecule has 0 saturated heterocycles. The zero-order valence-electron chi connectivity index (χ0n) is 11.1. The van der Waals surface area contributed by atoms with Gasteiger partial charge in [-0.1, -0.05) is 19.8 Å². The molecule has 0 saturated carbocycles. The van der Waals surface area contributed by atoms with Crippen molar-refractivity contribution in [1.29, 1.82) is 0 Å². The first-order valence-corrected chi connectivity index (χ1v) is 6.30. The van der Waals surface area contributed by atoms with Crippen LogP contribution in [-0.4, -0.2) is 28.1 Å². The largest absolute Gasteiger partial charge is 0.476 e. The minimum atomic E-state index is -1.17. The Morgan fingerprint density at radius 1 is 1.47 bits per heavy atom. The average Bonchev–Trinajstić information content (AvgIpc) is 2.36. The van der Waals surface area contributed by atoms with Crippen LogP contribution in [0.3, 0.4) is 0 Å². The third-order valence-electron chi connectivity index (χ3n) is 2.63. The van der Waals surface area contributed by atoms with E-state index in [9.17, 15) is 9.59 Å². The van der Waals surface area contributed by atoms with Crippen molar-refractivity contribution < 1.29 is 14.7 Å². The monoisotopic (exact) mass is 265 g/mol. The van der Waals surface area contributed by atoms with Crippen LogP contribution in [0, 0.1) is 0 Å². The Balaban J connectivity index is 2.60. The number of carbonyl (C=O) groups excluding carboxylic acids is 1. The quantitative estimate of drug-likeness (QED) is 0.736. The van der Waals surface area contributed by atoms with Gasteiger partial charge < -0.3 is 15.7 Å². The fourth-order valence-electron chi connectivity index (χ4n) is 1.64. The number of aromatic carboxylic acids is 1. The van der Waals surface area contributed by atoms with E-state index in [1.165, 1.54) is 12.3 Å². The highest BCUT2D eigenvalue weighted by Crippen LogP contribution is 2.11. The van der Waals surface area contributed by atoms with E-state index >= 15 is 0 Å². The van der Waals surface area contributed by atoms with Crippen molar-refractivity contribution in [3.05, 3.63) is 24.0 Å². The lowest BCUT2D eigenvalue weighted by atomic mass is 10.1. The molecule has 0 spiro atoms. The molecule has 2 amide bonds. The van der Waals surface area contributed by atoms with E-state index < -0.39 is 12.0 Å². The number of pyridine rings is 1. The zero-order chi connectivity index (χ0) is 14.3. The maximum absolute atomic E-state index is 11.7. The molecule has 0 aliphatic rings. The summed E-state index contributed by atoms with van der Waals surface area (Å²) >= 11 is 0. The highest BCUT2D eigenvalue weighted by Gasteiger charge is 2.14. The Morgan fingerprint density at radius 3 is 2.84 bits per heavy atom. The standard InChI is InChI=1S/C13H19N3O3/c1-3-4-6-9(2)15-13(19)16-10-7-5-8-14-11(10)12(17)18/h5,7-9H,3-4,6H2,1-2H3,(H,17,18)(H2,15,16,19). The molecule has 104 valence electrons. The summed E-state index contributed by atoms with van der Waals surface area (Å²) in [5.41, 5.74) is 0.0223. The molecule has 1 aromatic heterocycles. The second kappa shape index (κ2) is 7.35. The topological polar surface area (TPSA) is 91.3 Å². The first-order chi connectivity index (χ1) is 9.04. The summed E-state index contributed by atoms with van der Waals surface area (Å²) in [6, 6.07) is 2.71. The summed E-state index contributed by atoms with van der Waals surface area (Å²) in [6.07, 6.45) is 4.37. The number of carboxylic acids is 1. The number of anilines is 1. The van der Waals surface area contributed by atoms with Crippen LogP contribution in [0.4, 0.5) is 10.5 Å². The van der Waals surface area contributed by atoms with Crippen LogP contribution < -0.4 is 10.6 Å². The van der Waals surface area contributed by atoms with Crippen molar-refractivity contribution in [2.75, 3.05) is 5.32 Å². The predicted molar refractivity (Wildman–Crippen MR) is 72.3 cm³/mol. The molecule has 0 aromatic carbocycles. The molecule has 0 aliphatic heterocycles. The summed E-state index contributed by atoms with van der Waals surface area (Å²) in [5, 5.41) is 14.2.